The second kappa shape index (κ2) is 7.10. The van der Waals surface area contributed by atoms with E-state index in [1.165, 1.54) is 25.3 Å². The molecule has 0 unspecified atom stereocenters. The zero-order valence-electron chi connectivity index (χ0n) is 10.3. The van der Waals surface area contributed by atoms with Gasteiger partial charge in [-0.3, -0.25) is 4.79 Å². The van der Waals surface area contributed by atoms with Crippen LogP contribution in [0.4, 0.5) is 4.39 Å². The maximum absolute atomic E-state index is 12.9. The molecule has 0 radical (unpaired) electrons. The summed E-state index contributed by atoms with van der Waals surface area (Å²) < 4.78 is 17.3. The van der Waals surface area contributed by atoms with Crippen LogP contribution in [0.3, 0.4) is 0 Å². The number of hydrogen-bond donors (Lipinski definition) is 1. The van der Waals surface area contributed by atoms with Gasteiger partial charge < -0.3 is 15.3 Å². The number of ether oxygens (including phenoxy) is 1. The molecule has 6 nitrogen and oxygen atoms in total. The summed E-state index contributed by atoms with van der Waals surface area (Å²) in [4.78, 5) is 26.5. The van der Waals surface area contributed by atoms with Crippen molar-refractivity contribution in [2.45, 2.75) is 12.8 Å². The van der Waals surface area contributed by atoms with E-state index in [0.717, 1.165) is 6.07 Å². The van der Waals surface area contributed by atoms with Gasteiger partial charge in [-0.1, -0.05) is 17.3 Å². The molecule has 0 saturated carbocycles. The van der Waals surface area contributed by atoms with Crippen molar-refractivity contribution in [1.29, 1.82) is 0 Å². The molecule has 0 atom stereocenters. The average molecular weight is 268 g/mol. The lowest BCUT2D eigenvalue weighted by Crippen LogP contribution is -2.15. The van der Waals surface area contributed by atoms with Crippen molar-refractivity contribution in [3.8, 4) is 0 Å². The van der Waals surface area contributed by atoms with Crippen molar-refractivity contribution in [2.24, 2.45) is 10.9 Å². The third kappa shape index (κ3) is 5.15. The van der Waals surface area contributed by atoms with Gasteiger partial charge in [0.25, 0.3) is 0 Å². The standard InChI is InChI=1S/C12H13FN2O4/c1-18-10(16)5-6-11(17)19-15-12(14)8-3-2-4-9(13)7-8/h2-4,7H,5-6H2,1H3,(H2,14,15). The number of amidine groups is 1. The van der Waals surface area contributed by atoms with Gasteiger partial charge in [0.15, 0.2) is 5.84 Å². The first-order valence-electron chi connectivity index (χ1n) is 5.39. The highest BCUT2D eigenvalue weighted by Crippen LogP contribution is 2.03. The predicted octanol–water partition coefficient (Wildman–Crippen LogP) is 0.942. The minimum absolute atomic E-state index is 0.106. The molecule has 0 saturated heterocycles. The topological polar surface area (TPSA) is 91.0 Å². The van der Waals surface area contributed by atoms with E-state index in [9.17, 15) is 14.0 Å². The second-order valence-electron chi connectivity index (χ2n) is 3.53. The second-order valence-corrected chi connectivity index (χ2v) is 3.53. The SMILES string of the molecule is COC(=O)CCC(=O)O/N=C(\N)c1cccc(F)c1. The van der Waals surface area contributed by atoms with E-state index in [1.54, 1.807) is 0 Å². The summed E-state index contributed by atoms with van der Waals surface area (Å²) in [5.74, 6) is -1.87. The van der Waals surface area contributed by atoms with Crippen molar-refractivity contribution in [2.75, 3.05) is 7.11 Å². The minimum Gasteiger partial charge on any atom is -0.469 e. The summed E-state index contributed by atoms with van der Waals surface area (Å²) in [5, 5.41) is 3.37. The minimum atomic E-state index is -0.732. The Kier molecular flexibility index (Phi) is 5.46. The van der Waals surface area contributed by atoms with Gasteiger partial charge in [-0.2, -0.15) is 0 Å². The molecule has 1 rings (SSSR count). The van der Waals surface area contributed by atoms with Gasteiger partial charge in [0.1, 0.15) is 5.82 Å². The van der Waals surface area contributed by atoms with Crippen LogP contribution in [0.1, 0.15) is 18.4 Å². The van der Waals surface area contributed by atoms with Crippen molar-refractivity contribution < 1.29 is 23.6 Å². The maximum atomic E-state index is 12.9. The molecule has 0 aliphatic rings. The molecule has 2 N–H and O–H groups in total. The summed E-state index contributed by atoms with van der Waals surface area (Å²) in [6.45, 7) is 0. The summed E-state index contributed by atoms with van der Waals surface area (Å²) in [6.07, 6.45) is -0.280. The van der Waals surface area contributed by atoms with Crippen LogP contribution >= 0.6 is 0 Å². The number of carbonyl (C=O) groups is 2. The third-order valence-corrected chi connectivity index (χ3v) is 2.13. The van der Waals surface area contributed by atoms with Crippen molar-refractivity contribution in [3.05, 3.63) is 35.6 Å². The van der Waals surface area contributed by atoms with Crippen LogP contribution in [0.2, 0.25) is 0 Å². The molecule has 0 fully saturated rings. The number of benzene rings is 1. The molecule has 0 amide bonds. The molecule has 0 aliphatic heterocycles. The number of carbonyl (C=O) groups excluding carboxylic acids is 2. The first-order valence-corrected chi connectivity index (χ1v) is 5.39. The Labute approximate surface area is 109 Å². The summed E-state index contributed by atoms with van der Waals surface area (Å²) in [5.41, 5.74) is 5.80. The number of oxime groups is 1. The first kappa shape index (κ1) is 14.6. The molecule has 0 bridgehead atoms. The van der Waals surface area contributed by atoms with Crippen LogP contribution in [-0.2, 0) is 19.2 Å². The van der Waals surface area contributed by atoms with E-state index in [1.807, 2.05) is 0 Å². The fourth-order valence-corrected chi connectivity index (χ4v) is 1.15. The first-order chi connectivity index (χ1) is 9.02. The molecule has 1 aromatic rings. The molecule has 7 heteroatoms. The lowest BCUT2D eigenvalue weighted by Gasteiger charge is -2.01. The Morgan fingerprint density at radius 3 is 2.63 bits per heavy atom. The fourth-order valence-electron chi connectivity index (χ4n) is 1.15. The highest BCUT2D eigenvalue weighted by Gasteiger charge is 2.08. The quantitative estimate of drug-likeness (QED) is 0.282. The van der Waals surface area contributed by atoms with Crippen LogP contribution in [0.5, 0.6) is 0 Å². The molecular formula is C12H13FN2O4. The Morgan fingerprint density at radius 2 is 2.00 bits per heavy atom. The lowest BCUT2D eigenvalue weighted by atomic mass is 10.2. The highest BCUT2D eigenvalue weighted by atomic mass is 19.1. The predicted molar refractivity (Wildman–Crippen MR) is 64.5 cm³/mol. The monoisotopic (exact) mass is 268 g/mol. The van der Waals surface area contributed by atoms with Crippen LogP contribution < -0.4 is 5.73 Å². The van der Waals surface area contributed by atoms with Gasteiger partial charge in [0.05, 0.1) is 20.0 Å². The van der Waals surface area contributed by atoms with Crippen molar-refractivity contribution in [1.82, 2.24) is 0 Å². The number of halogens is 1. The summed E-state index contributed by atoms with van der Waals surface area (Å²) in [7, 11) is 1.22. The zero-order valence-corrected chi connectivity index (χ0v) is 10.3. The maximum Gasteiger partial charge on any atom is 0.335 e. The molecule has 0 aliphatic carbocycles. The molecule has 19 heavy (non-hydrogen) atoms. The van der Waals surface area contributed by atoms with E-state index in [0.29, 0.717) is 5.56 Å². The molecule has 0 heterocycles. The van der Waals surface area contributed by atoms with Gasteiger partial charge in [0, 0.05) is 5.56 Å². The fraction of sp³-hybridized carbons (Fsp3) is 0.250. The summed E-state index contributed by atoms with van der Waals surface area (Å²) in [6, 6.07) is 5.37. The molecule has 0 spiro atoms. The van der Waals surface area contributed by atoms with Gasteiger partial charge in [-0.05, 0) is 12.1 Å². The zero-order chi connectivity index (χ0) is 14.3. The molecule has 102 valence electrons. The van der Waals surface area contributed by atoms with Crippen LogP contribution in [0.25, 0.3) is 0 Å². The average Bonchev–Trinajstić information content (AvgIpc) is 2.41. The van der Waals surface area contributed by atoms with Crippen LogP contribution in [0, 0.1) is 5.82 Å². The van der Waals surface area contributed by atoms with Gasteiger partial charge in [-0.15, -0.1) is 0 Å². The number of nitrogens with zero attached hydrogens (tertiary/aromatic N) is 1. The van der Waals surface area contributed by atoms with Crippen LogP contribution in [0.15, 0.2) is 29.4 Å². The number of methoxy groups -OCH3 is 1. The van der Waals surface area contributed by atoms with E-state index in [2.05, 4.69) is 14.7 Å². The molecular weight excluding hydrogens is 255 g/mol. The third-order valence-electron chi connectivity index (χ3n) is 2.13. The number of rotatable bonds is 5. The Hall–Kier alpha value is -2.44. The Balaban J connectivity index is 2.52. The largest absolute Gasteiger partial charge is 0.469 e. The highest BCUT2D eigenvalue weighted by molar-refractivity contribution is 5.97. The van der Waals surface area contributed by atoms with E-state index < -0.39 is 17.8 Å². The Bertz CT molecular complexity index is 502. The van der Waals surface area contributed by atoms with Gasteiger partial charge >= 0.3 is 11.9 Å². The van der Waals surface area contributed by atoms with E-state index >= 15 is 0 Å². The number of nitrogens with two attached hydrogens (primary N) is 1. The van der Waals surface area contributed by atoms with E-state index in [4.69, 9.17) is 5.73 Å². The lowest BCUT2D eigenvalue weighted by molar-refractivity contribution is -0.148. The molecule has 1 aromatic carbocycles. The normalized spacial score (nSPS) is 10.9. The molecule has 0 aromatic heterocycles. The van der Waals surface area contributed by atoms with Crippen molar-refractivity contribution >= 4 is 17.8 Å². The van der Waals surface area contributed by atoms with Crippen molar-refractivity contribution in [3.63, 3.8) is 0 Å². The number of esters is 1. The Morgan fingerprint density at radius 1 is 1.32 bits per heavy atom. The van der Waals surface area contributed by atoms with Gasteiger partial charge in [0.2, 0.25) is 0 Å². The van der Waals surface area contributed by atoms with Gasteiger partial charge in [-0.25, -0.2) is 9.18 Å². The van der Waals surface area contributed by atoms with Crippen LogP contribution in [-0.4, -0.2) is 24.9 Å². The smallest absolute Gasteiger partial charge is 0.335 e. The number of hydrogen-bond acceptors (Lipinski definition) is 5. The van der Waals surface area contributed by atoms with E-state index in [-0.39, 0.29) is 18.7 Å². The summed E-state index contributed by atoms with van der Waals surface area (Å²) >= 11 is 0.